The molecule has 88 valence electrons. The number of hydrogen-bond donors (Lipinski definition) is 3. The fourth-order valence-corrected chi connectivity index (χ4v) is 0.926. The number of ether oxygens (including phenoxy) is 1. The van der Waals surface area contributed by atoms with Crippen molar-refractivity contribution in [3.8, 4) is 0 Å². The van der Waals surface area contributed by atoms with E-state index in [1.54, 1.807) is 0 Å². The van der Waals surface area contributed by atoms with Crippen LogP contribution in [0.3, 0.4) is 0 Å². The molecule has 0 radical (unpaired) electrons. The van der Waals surface area contributed by atoms with Crippen LogP contribution < -0.4 is 16.8 Å². The normalized spacial score (nSPS) is 11.9. The molecule has 0 aromatic carbocycles. The van der Waals surface area contributed by atoms with Crippen LogP contribution in [-0.2, 0) is 9.53 Å². The number of carbonyl (C=O) groups excluding carboxylic acids is 2. The molecule has 1 unspecified atom stereocenters. The van der Waals surface area contributed by atoms with Gasteiger partial charge in [-0.2, -0.15) is 0 Å². The molecule has 0 heterocycles. The second-order valence-electron chi connectivity index (χ2n) is 3.40. The van der Waals surface area contributed by atoms with Gasteiger partial charge in [0.1, 0.15) is 6.61 Å². The lowest BCUT2D eigenvalue weighted by molar-refractivity contribution is -0.121. The van der Waals surface area contributed by atoms with Gasteiger partial charge in [0.25, 0.3) is 0 Å². The van der Waals surface area contributed by atoms with Gasteiger partial charge in [-0.05, 0) is 18.9 Å². The average Bonchev–Trinajstić information content (AvgIpc) is 2.20. The Labute approximate surface area is 89.3 Å². The summed E-state index contributed by atoms with van der Waals surface area (Å²) in [6.45, 7) is 2.97. The maximum Gasteiger partial charge on any atom is 0.404 e. The molecule has 6 heteroatoms. The molecule has 0 aromatic rings. The monoisotopic (exact) mass is 217 g/mol. The Morgan fingerprint density at radius 3 is 2.67 bits per heavy atom. The summed E-state index contributed by atoms with van der Waals surface area (Å²) in [4.78, 5) is 21.4. The molecule has 0 saturated heterocycles. The molecule has 0 rings (SSSR count). The molecule has 0 fully saturated rings. The largest absolute Gasteiger partial charge is 0.448 e. The molecule has 0 aliphatic heterocycles. The minimum Gasteiger partial charge on any atom is -0.448 e. The number of amides is 2. The van der Waals surface area contributed by atoms with Crippen LogP contribution in [0.1, 0.15) is 19.8 Å². The SMILES string of the molecule is CC(CN)CCC(=O)NCCOC(N)=O. The maximum absolute atomic E-state index is 11.2. The predicted molar refractivity (Wildman–Crippen MR) is 56.0 cm³/mol. The van der Waals surface area contributed by atoms with Crippen molar-refractivity contribution in [3.05, 3.63) is 0 Å². The standard InChI is InChI=1S/C9H19N3O3/c1-7(6-10)2-3-8(13)12-4-5-15-9(11)14/h7H,2-6,10H2,1H3,(H2,11,14)(H,12,13). The first-order chi connectivity index (χ1) is 7.06. The lowest BCUT2D eigenvalue weighted by atomic mass is 10.1. The zero-order chi connectivity index (χ0) is 11.7. The minimum absolute atomic E-state index is 0.0663. The van der Waals surface area contributed by atoms with Crippen LogP contribution in [0.15, 0.2) is 0 Å². The topological polar surface area (TPSA) is 107 Å². The Kier molecular flexibility index (Phi) is 7.35. The highest BCUT2D eigenvalue weighted by Crippen LogP contribution is 2.02. The van der Waals surface area contributed by atoms with Gasteiger partial charge in [-0.3, -0.25) is 4.79 Å². The summed E-state index contributed by atoms with van der Waals surface area (Å²) in [7, 11) is 0. The van der Waals surface area contributed by atoms with E-state index in [-0.39, 0.29) is 12.5 Å². The third kappa shape index (κ3) is 9.01. The van der Waals surface area contributed by atoms with Crippen molar-refractivity contribution in [2.45, 2.75) is 19.8 Å². The third-order valence-corrected chi connectivity index (χ3v) is 1.94. The number of nitrogens with two attached hydrogens (primary N) is 2. The number of carbonyl (C=O) groups is 2. The molecule has 0 aromatic heterocycles. The smallest absolute Gasteiger partial charge is 0.404 e. The van der Waals surface area contributed by atoms with E-state index >= 15 is 0 Å². The molecule has 0 saturated carbocycles. The van der Waals surface area contributed by atoms with E-state index in [1.165, 1.54) is 0 Å². The van der Waals surface area contributed by atoms with Crippen molar-refractivity contribution in [2.75, 3.05) is 19.7 Å². The van der Waals surface area contributed by atoms with E-state index in [0.29, 0.717) is 25.4 Å². The van der Waals surface area contributed by atoms with E-state index in [4.69, 9.17) is 11.5 Å². The Hall–Kier alpha value is -1.30. The van der Waals surface area contributed by atoms with Gasteiger partial charge in [-0.1, -0.05) is 6.92 Å². The summed E-state index contributed by atoms with van der Waals surface area (Å²) in [5.41, 5.74) is 10.1. The van der Waals surface area contributed by atoms with Crippen LogP contribution in [-0.4, -0.2) is 31.7 Å². The molecule has 0 aliphatic rings. The quantitative estimate of drug-likeness (QED) is 0.503. The molecule has 6 nitrogen and oxygen atoms in total. The molecule has 0 spiro atoms. The van der Waals surface area contributed by atoms with Crippen molar-refractivity contribution >= 4 is 12.0 Å². The fourth-order valence-electron chi connectivity index (χ4n) is 0.926. The average molecular weight is 217 g/mol. The first-order valence-electron chi connectivity index (χ1n) is 4.95. The van der Waals surface area contributed by atoms with E-state index in [9.17, 15) is 9.59 Å². The predicted octanol–water partition coefficient (Wildman–Crippen LogP) is -0.427. The van der Waals surface area contributed by atoms with Gasteiger partial charge in [0.15, 0.2) is 0 Å². The highest BCUT2D eigenvalue weighted by Gasteiger charge is 2.04. The van der Waals surface area contributed by atoms with Crippen molar-refractivity contribution in [1.29, 1.82) is 0 Å². The van der Waals surface area contributed by atoms with Crippen LogP contribution in [0.2, 0.25) is 0 Å². The van der Waals surface area contributed by atoms with E-state index in [2.05, 4.69) is 10.1 Å². The fraction of sp³-hybridized carbons (Fsp3) is 0.778. The van der Waals surface area contributed by atoms with Gasteiger partial charge >= 0.3 is 6.09 Å². The summed E-state index contributed by atoms with van der Waals surface area (Å²) >= 11 is 0. The van der Waals surface area contributed by atoms with Crippen molar-refractivity contribution in [3.63, 3.8) is 0 Å². The first kappa shape index (κ1) is 13.7. The van der Waals surface area contributed by atoms with Crippen molar-refractivity contribution < 1.29 is 14.3 Å². The number of hydrogen-bond acceptors (Lipinski definition) is 4. The number of rotatable bonds is 7. The zero-order valence-corrected chi connectivity index (χ0v) is 8.99. The Balaban J connectivity index is 3.37. The molecular formula is C9H19N3O3. The zero-order valence-electron chi connectivity index (χ0n) is 8.99. The summed E-state index contributed by atoms with van der Waals surface area (Å²) < 4.78 is 4.44. The van der Waals surface area contributed by atoms with Gasteiger partial charge in [0.2, 0.25) is 5.91 Å². The molecule has 15 heavy (non-hydrogen) atoms. The molecule has 1 atom stereocenters. The minimum atomic E-state index is -0.832. The summed E-state index contributed by atoms with van der Waals surface area (Å²) in [5, 5.41) is 2.60. The Bertz CT molecular complexity index is 209. The summed E-state index contributed by atoms with van der Waals surface area (Å²) in [5.74, 6) is 0.279. The van der Waals surface area contributed by atoms with Gasteiger partial charge in [0, 0.05) is 6.42 Å². The molecule has 0 aliphatic carbocycles. The van der Waals surface area contributed by atoms with Crippen LogP contribution in [0.4, 0.5) is 4.79 Å². The lowest BCUT2D eigenvalue weighted by Gasteiger charge is -2.08. The molecule has 5 N–H and O–H groups in total. The first-order valence-corrected chi connectivity index (χ1v) is 4.95. The van der Waals surface area contributed by atoms with Gasteiger partial charge < -0.3 is 21.5 Å². The number of primary amides is 1. The Morgan fingerprint density at radius 1 is 1.47 bits per heavy atom. The van der Waals surface area contributed by atoms with Crippen LogP contribution >= 0.6 is 0 Å². The van der Waals surface area contributed by atoms with Gasteiger partial charge in [0.05, 0.1) is 6.54 Å². The molecular weight excluding hydrogens is 198 g/mol. The number of nitrogens with one attached hydrogen (secondary N) is 1. The second-order valence-corrected chi connectivity index (χ2v) is 3.40. The maximum atomic E-state index is 11.2. The van der Waals surface area contributed by atoms with Crippen molar-refractivity contribution in [2.24, 2.45) is 17.4 Å². The molecule has 0 bridgehead atoms. The van der Waals surface area contributed by atoms with E-state index in [0.717, 1.165) is 6.42 Å². The van der Waals surface area contributed by atoms with Crippen LogP contribution in [0, 0.1) is 5.92 Å². The third-order valence-electron chi connectivity index (χ3n) is 1.94. The second kappa shape index (κ2) is 8.05. The van der Waals surface area contributed by atoms with Crippen LogP contribution in [0.25, 0.3) is 0 Å². The highest BCUT2D eigenvalue weighted by molar-refractivity contribution is 5.75. The van der Waals surface area contributed by atoms with Gasteiger partial charge in [-0.15, -0.1) is 0 Å². The van der Waals surface area contributed by atoms with E-state index in [1.807, 2.05) is 6.92 Å². The van der Waals surface area contributed by atoms with Crippen molar-refractivity contribution in [1.82, 2.24) is 5.32 Å². The Morgan fingerprint density at radius 2 is 2.13 bits per heavy atom. The summed E-state index contributed by atoms with van der Waals surface area (Å²) in [6, 6.07) is 0. The lowest BCUT2D eigenvalue weighted by Crippen LogP contribution is -2.29. The molecule has 2 amide bonds. The van der Waals surface area contributed by atoms with Gasteiger partial charge in [-0.25, -0.2) is 4.79 Å². The summed E-state index contributed by atoms with van der Waals surface area (Å²) in [6.07, 6.45) is 0.370. The highest BCUT2D eigenvalue weighted by atomic mass is 16.5. The van der Waals surface area contributed by atoms with E-state index < -0.39 is 6.09 Å². The van der Waals surface area contributed by atoms with Crippen LogP contribution in [0.5, 0.6) is 0 Å².